The standard InChI is InChI=1S/C16H21F3N2O2/c1-2-13(22)10-21(12-6-4-3-5-7-12)14-8-9-20(15(14)23)11-16(17,18)19/h3-7,13-14,22H,2,8-11H2,1H3/t13-,14+/m0/s1. The summed E-state index contributed by atoms with van der Waals surface area (Å²) in [6, 6.07) is 8.34. The maximum atomic E-state index is 12.5. The number of aliphatic hydroxyl groups is 1. The molecule has 0 spiro atoms. The molecule has 0 bridgehead atoms. The van der Waals surface area contributed by atoms with E-state index in [4.69, 9.17) is 0 Å². The second kappa shape index (κ2) is 7.21. The molecule has 7 heteroatoms. The number of hydrogen-bond donors (Lipinski definition) is 1. The zero-order chi connectivity index (χ0) is 17.0. The summed E-state index contributed by atoms with van der Waals surface area (Å²) in [5.41, 5.74) is 0.729. The number of para-hydroxylation sites is 1. The van der Waals surface area contributed by atoms with Gasteiger partial charge in [0.05, 0.1) is 6.10 Å². The molecule has 1 N–H and O–H groups in total. The molecule has 0 saturated carbocycles. The topological polar surface area (TPSA) is 43.8 Å². The summed E-state index contributed by atoms with van der Waals surface area (Å²) in [4.78, 5) is 14.9. The molecule has 1 aliphatic heterocycles. The molecule has 1 aliphatic rings. The van der Waals surface area contributed by atoms with Crippen LogP contribution in [0.3, 0.4) is 0 Å². The van der Waals surface area contributed by atoms with Gasteiger partial charge >= 0.3 is 6.18 Å². The van der Waals surface area contributed by atoms with Gasteiger partial charge in [-0.3, -0.25) is 4.79 Å². The SMILES string of the molecule is CC[C@H](O)CN(c1ccccc1)[C@@H]1CCN(CC(F)(F)F)C1=O. The summed E-state index contributed by atoms with van der Waals surface area (Å²) < 4.78 is 37.6. The van der Waals surface area contributed by atoms with Gasteiger partial charge in [0.1, 0.15) is 12.6 Å². The van der Waals surface area contributed by atoms with Crippen molar-refractivity contribution in [3.8, 4) is 0 Å². The van der Waals surface area contributed by atoms with Crippen molar-refractivity contribution < 1.29 is 23.1 Å². The van der Waals surface area contributed by atoms with Crippen molar-refractivity contribution in [3.63, 3.8) is 0 Å². The van der Waals surface area contributed by atoms with Crippen LogP contribution in [-0.4, -0.2) is 53.9 Å². The lowest BCUT2D eigenvalue weighted by Gasteiger charge is -2.32. The van der Waals surface area contributed by atoms with Crippen molar-refractivity contribution in [3.05, 3.63) is 30.3 Å². The van der Waals surface area contributed by atoms with E-state index in [1.54, 1.807) is 29.2 Å². The van der Waals surface area contributed by atoms with Gasteiger partial charge in [-0.15, -0.1) is 0 Å². The summed E-state index contributed by atoms with van der Waals surface area (Å²) in [5, 5.41) is 9.94. The van der Waals surface area contributed by atoms with Gasteiger partial charge < -0.3 is 14.9 Å². The lowest BCUT2D eigenvalue weighted by molar-refractivity contribution is -0.157. The number of carbonyl (C=O) groups is 1. The highest BCUT2D eigenvalue weighted by molar-refractivity contribution is 5.87. The average molecular weight is 330 g/mol. The van der Waals surface area contributed by atoms with E-state index in [9.17, 15) is 23.1 Å². The molecular formula is C16H21F3N2O2. The third-order valence-electron chi connectivity index (χ3n) is 3.98. The molecule has 2 rings (SSSR count). The number of halogens is 3. The number of alkyl halides is 3. The highest BCUT2D eigenvalue weighted by Gasteiger charge is 2.41. The number of hydrogen-bond acceptors (Lipinski definition) is 3. The number of likely N-dealkylation sites (tertiary alicyclic amines) is 1. The van der Waals surface area contributed by atoms with E-state index in [1.165, 1.54) is 0 Å². The largest absolute Gasteiger partial charge is 0.406 e. The van der Waals surface area contributed by atoms with Crippen LogP contribution >= 0.6 is 0 Å². The van der Waals surface area contributed by atoms with Crippen LogP contribution in [0.15, 0.2) is 30.3 Å². The van der Waals surface area contributed by atoms with E-state index in [2.05, 4.69) is 0 Å². The van der Waals surface area contributed by atoms with E-state index in [-0.39, 0.29) is 13.1 Å². The van der Waals surface area contributed by atoms with Crippen molar-refractivity contribution in [1.29, 1.82) is 0 Å². The van der Waals surface area contributed by atoms with Crippen LogP contribution in [0.2, 0.25) is 0 Å². The minimum atomic E-state index is -4.40. The lowest BCUT2D eigenvalue weighted by atomic mass is 10.1. The Balaban J connectivity index is 2.18. The highest BCUT2D eigenvalue weighted by atomic mass is 19.4. The lowest BCUT2D eigenvalue weighted by Crippen LogP contribution is -2.46. The molecule has 1 saturated heterocycles. The van der Waals surface area contributed by atoms with E-state index in [0.29, 0.717) is 12.8 Å². The first-order valence-corrected chi connectivity index (χ1v) is 7.67. The number of benzene rings is 1. The van der Waals surface area contributed by atoms with Gasteiger partial charge in [-0.2, -0.15) is 13.2 Å². The van der Waals surface area contributed by atoms with Gasteiger partial charge in [0.25, 0.3) is 0 Å². The first kappa shape index (κ1) is 17.6. The first-order chi connectivity index (χ1) is 10.8. The fraction of sp³-hybridized carbons (Fsp3) is 0.562. The van der Waals surface area contributed by atoms with Crippen LogP contribution in [-0.2, 0) is 4.79 Å². The van der Waals surface area contributed by atoms with Crippen molar-refractivity contribution in [2.75, 3.05) is 24.5 Å². The third-order valence-corrected chi connectivity index (χ3v) is 3.98. The maximum absolute atomic E-state index is 12.5. The molecule has 1 heterocycles. The molecule has 0 aliphatic carbocycles. The Morgan fingerprint density at radius 2 is 2.00 bits per heavy atom. The van der Waals surface area contributed by atoms with E-state index in [0.717, 1.165) is 10.6 Å². The average Bonchev–Trinajstić information content (AvgIpc) is 2.84. The second-order valence-electron chi connectivity index (χ2n) is 5.73. The Morgan fingerprint density at radius 3 is 2.57 bits per heavy atom. The quantitative estimate of drug-likeness (QED) is 0.871. The van der Waals surface area contributed by atoms with Crippen molar-refractivity contribution in [2.24, 2.45) is 0 Å². The Morgan fingerprint density at radius 1 is 1.35 bits per heavy atom. The predicted molar refractivity (Wildman–Crippen MR) is 81.1 cm³/mol. The number of carbonyl (C=O) groups excluding carboxylic acids is 1. The van der Waals surface area contributed by atoms with E-state index < -0.39 is 30.8 Å². The number of rotatable bonds is 6. The third kappa shape index (κ3) is 4.60. The summed E-state index contributed by atoms with van der Waals surface area (Å²) in [5.74, 6) is -0.533. The molecule has 1 aromatic carbocycles. The summed E-state index contributed by atoms with van der Waals surface area (Å²) in [7, 11) is 0. The van der Waals surface area contributed by atoms with Gasteiger partial charge in [-0.05, 0) is 25.0 Å². The molecule has 1 aromatic rings. The van der Waals surface area contributed by atoms with Crippen LogP contribution < -0.4 is 4.90 Å². The number of nitrogens with zero attached hydrogens (tertiary/aromatic N) is 2. The summed E-state index contributed by atoms with van der Waals surface area (Å²) >= 11 is 0. The van der Waals surface area contributed by atoms with Crippen molar-refractivity contribution >= 4 is 11.6 Å². The van der Waals surface area contributed by atoms with E-state index in [1.807, 2.05) is 13.0 Å². The van der Waals surface area contributed by atoms with Crippen molar-refractivity contribution in [1.82, 2.24) is 4.90 Å². The smallest absolute Gasteiger partial charge is 0.391 e. The monoisotopic (exact) mass is 330 g/mol. The molecule has 23 heavy (non-hydrogen) atoms. The normalized spacial score (nSPS) is 20.0. The van der Waals surface area contributed by atoms with Gasteiger partial charge in [-0.25, -0.2) is 0 Å². The van der Waals surface area contributed by atoms with Gasteiger partial charge in [0, 0.05) is 18.8 Å². The Labute approximate surface area is 133 Å². The van der Waals surface area contributed by atoms with Crippen LogP contribution in [0, 0.1) is 0 Å². The molecule has 0 unspecified atom stereocenters. The second-order valence-corrected chi connectivity index (χ2v) is 5.73. The van der Waals surface area contributed by atoms with Gasteiger partial charge in [-0.1, -0.05) is 25.1 Å². The van der Waals surface area contributed by atoms with Crippen LogP contribution in [0.4, 0.5) is 18.9 Å². The molecule has 0 radical (unpaired) electrons. The Hall–Kier alpha value is -1.76. The highest BCUT2D eigenvalue weighted by Crippen LogP contribution is 2.27. The fourth-order valence-corrected chi connectivity index (χ4v) is 2.77. The molecule has 1 fully saturated rings. The van der Waals surface area contributed by atoms with E-state index >= 15 is 0 Å². The molecule has 2 atom stereocenters. The molecule has 1 amide bonds. The van der Waals surface area contributed by atoms with Crippen molar-refractivity contribution in [2.45, 2.75) is 38.1 Å². The summed E-state index contributed by atoms with van der Waals surface area (Å²) in [6.07, 6.45) is -4.21. The van der Waals surface area contributed by atoms with Gasteiger partial charge in [0.2, 0.25) is 5.91 Å². The Bertz CT molecular complexity index is 522. The Kier molecular flexibility index (Phi) is 5.51. The molecule has 4 nitrogen and oxygen atoms in total. The zero-order valence-electron chi connectivity index (χ0n) is 13.0. The van der Waals surface area contributed by atoms with Crippen LogP contribution in [0.5, 0.6) is 0 Å². The number of aliphatic hydroxyl groups excluding tert-OH is 1. The molecular weight excluding hydrogens is 309 g/mol. The molecule has 0 aromatic heterocycles. The van der Waals surface area contributed by atoms with Gasteiger partial charge in [0.15, 0.2) is 0 Å². The predicted octanol–water partition coefficient (Wildman–Crippen LogP) is 2.43. The van der Waals surface area contributed by atoms with Crippen LogP contribution in [0.1, 0.15) is 19.8 Å². The minimum Gasteiger partial charge on any atom is -0.391 e. The summed E-state index contributed by atoms with van der Waals surface area (Å²) in [6.45, 7) is 0.896. The van der Waals surface area contributed by atoms with Crippen LogP contribution in [0.25, 0.3) is 0 Å². The maximum Gasteiger partial charge on any atom is 0.406 e. The number of amides is 1. The fourth-order valence-electron chi connectivity index (χ4n) is 2.77. The minimum absolute atomic E-state index is 0.0779. The number of anilines is 1. The molecule has 128 valence electrons. The first-order valence-electron chi connectivity index (χ1n) is 7.67. The zero-order valence-corrected chi connectivity index (χ0v) is 13.0.